The van der Waals surface area contributed by atoms with Gasteiger partial charge in [-0.15, -0.1) is 0 Å². The first kappa shape index (κ1) is 29.2. The van der Waals surface area contributed by atoms with Gasteiger partial charge in [0.15, 0.2) is 6.04 Å². The van der Waals surface area contributed by atoms with Gasteiger partial charge in [-0.1, -0.05) is 114 Å². The van der Waals surface area contributed by atoms with E-state index in [9.17, 15) is 14.7 Å². The van der Waals surface area contributed by atoms with Crippen molar-refractivity contribution in [3.63, 3.8) is 0 Å². The van der Waals surface area contributed by atoms with Gasteiger partial charge in [-0.25, -0.2) is 9.59 Å². The van der Waals surface area contributed by atoms with Crippen LogP contribution in [0, 0.1) is 0 Å². The fourth-order valence-electron chi connectivity index (χ4n) is 4.15. The number of nitrogens with one attached hydrogen (secondary N) is 1. The van der Waals surface area contributed by atoms with Crippen LogP contribution in [0.25, 0.3) is 11.1 Å². The molecule has 0 aromatic heterocycles. The average Bonchev–Trinajstić information content (AvgIpc) is 2.97. The van der Waals surface area contributed by atoms with Gasteiger partial charge in [0.1, 0.15) is 0 Å². The van der Waals surface area contributed by atoms with Crippen molar-refractivity contribution in [2.24, 2.45) is 0 Å². The van der Waals surface area contributed by atoms with Crippen molar-refractivity contribution in [3.05, 3.63) is 130 Å². The lowest BCUT2D eigenvalue weighted by molar-refractivity contribution is -0.141. The van der Waals surface area contributed by atoms with Crippen LogP contribution in [0.4, 0.5) is 4.79 Å². The molecule has 1 atom stereocenters. The van der Waals surface area contributed by atoms with Crippen molar-refractivity contribution in [2.75, 3.05) is 13.2 Å². The Morgan fingerprint density at radius 3 is 2.05 bits per heavy atom. The summed E-state index contributed by atoms with van der Waals surface area (Å²) in [5.74, 6) is -1.17. The Bertz CT molecular complexity index is 1400. The average molecular weight is 578 g/mol. The lowest BCUT2D eigenvalue weighted by Gasteiger charge is -2.26. The number of carbonyl (C=O) groups is 2. The zero-order valence-electron chi connectivity index (χ0n) is 21.8. The summed E-state index contributed by atoms with van der Waals surface area (Å²) >= 11 is 12.3. The minimum absolute atomic E-state index is 0.169. The molecule has 4 aromatic carbocycles. The molecule has 0 unspecified atom stereocenters. The molecule has 2 amide bonds. The van der Waals surface area contributed by atoms with E-state index < -0.39 is 18.0 Å². The van der Waals surface area contributed by atoms with E-state index in [4.69, 9.17) is 27.9 Å². The SMILES string of the molecule is O=C(O)[C@H](COCc1ccccc1)NC(=O)N(CCc1ccc(-c2ccccc2)cc1)Cc1ccc(Cl)c(Cl)c1. The van der Waals surface area contributed by atoms with E-state index in [1.165, 1.54) is 0 Å². The van der Waals surface area contributed by atoms with E-state index in [0.717, 1.165) is 27.8 Å². The first-order valence-electron chi connectivity index (χ1n) is 12.9. The maximum absolute atomic E-state index is 13.3. The fraction of sp³-hybridized carbons (Fsp3) is 0.188. The highest BCUT2D eigenvalue weighted by molar-refractivity contribution is 6.42. The molecule has 0 spiro atoms. The maximum Gasteiger partial charge on any atom is 0.328 e. The van der Waals surface area contributed by atoms with E-state index >= 15 is 0 Å². The number of hydrogen-bond acceptors (Lipinski definition) is 3. The van der Waals surface area contributed by atoms with Crippen LogP contribution in [0.3, 0.4) is 0 Å². The maximum atomic E-state index is 13.3. The summed E-state index contributed by atoms with van der Waals surface area (Å²) < 4.78 is 5.60. The Kier molecular flexibility index (Phi) is 10.6. The summed E-state index contributed by atoms with van der Waals surface area (Å²) in [6.07, 6.45) is 0.575. The molecule has 4 aromatic rings. The number of carboxylic acids is 1. The topological polar surface area (TPSA) is 78.9 Å². The molecule has 0 radical (unpaired) electrons. The smallest absolute Gasteiger partial charge is 0.328 e. The fourth-order valence-corrected chi connectivity index (χ4v) is 4.47. The second-order valence-corrected chi connectivity index (χ2v) is 10.1. The highest BCUT2D eigenvalue weighted by Crippen LogP contribution is 2.24. The summed E-state index contributed by atoms with van der Waals surface area (Å²) in [6.45, 7) is 0.653. The van der Waals surface area contributed by atoms with Crippen LogP contribution in [0.5, 0.6) is 0 Å². The Balaban J connectivity index is 1.43. The molecule has 2 N–H and O–H groups in total. The summed E-state index contributed by atoms with van der Waals surface area (Å²) in [5, 5.41) is 13.2. The van der Waals surface area contributed by atoms with Crippen LogP contribution < -0.4 is 5.32 Å². The van der Waals surface area contributed by atoms with E-state index in [-0.39, 0.29) is 19.8 Å². The highest BCUT2D eigenvalue weighted by Gasteiger charge is 2.24. The van der Waals surface area contributed by atoms with Crippen molar-refractivity contribution < 1.29 is 19.4 Å². The summed E-state index contributed by atoms with van der Waals surface area (Å²) in [4.78, 5) is 26.8. The molecule has 8 heteroatoms. The highest BCUT2D eigenvalue weighted by atomic mass is 35.5. The second-order valence-electron chi connectivity index (χ2n) is 9.32. The predicted molar refractivity (Wildman–Crippen MR) is 159 cm³/mol. The third kappa shape index (κ3) is 8.58. The number of aliphatic carboxylic acids is 1. The number of carboxylic acid groups (broad SMARTS) is 1. The molecule has 0 bridgehead atoms. The molecule has 40 heavy (non-hydrogen) atoms. The van der Waals surface area contributed by atoms with Gasteiger partial charge in [-0.3, -0.25) is 0 Å². The first-order chi connectivity index (χ1) is 19.4. The normalized spacial score (nSPS) is 11.6. The number of benzene rings is 4. The number of rotatable bonds is 12. The molecule has 4 rings (SSSR count). The van der Waals surface area contributed by atoms with E-state index in [0.29, 0.717) is 23.0 Å². The van der Waals surface area contributed by atoms with E-state index in [2.05, 4.69) is 29.6 Å². The van der Waals surface area contributed by atoms with Gasteiger partial charge in [-0.2, -0.15) is 0 Å². The van der Waals surface area contributed by atoms with Crippen LogP contribution >= 0.6 is 23.2 Å². The van der Waals surface area contributed by atoms with Crippen molar-refractivity contribution >= 4 is 35.2 Å². The lowest BCUT2D eigenvalue weighted by atomic mass is 10.0. The standard InChI is InChI=1S/C32H30Cl2N2O4/c33-28-16-13-25(19-29(28)34)20-36(18-17-23-11-14-27(15-12-23)26-9-5-2-6-10-26)32(39)35-30(31(37)38)22-40-21-24-7-3-1-4-8-24/h1-16,19,30H,17-18,20-22H2,(H,35,39)(H,37,38)/t30-/m0/s1. The Morgan fingerprint density at radius 1 is 0.775 bits per heavy atom. The van der Waals surface area contributed by atoms with E-state index in [1.807, 2.05) is 60.7 Å². The van der Waals surface area contributed by atoms with Crippen LogP contribution in [0.1, 0.15) is 16.7 Å². The van der Waals surface area contributed by atoms with Crippen LogP contribution in [-0.4, -0.2) is 41.2 Å². The number of hydrogen-bond donors (Lipinski definition) is 2. The summed E-state index contributed by atoms with van der Waals surface area (Å²) in [7, 11) is 0. The van der Waals surface area contributed by atoms with Crippen LogP contribution in [0.2, 0.25) is 10.0 Å². The molecule has 0 aliphatic heterocycles. The Hall–Kier alpha value is -3.84. The number of halogens is 2. The number of urea groups is 1. The summed E-state index contributed by atoms with van der Waals surface area (Å²) in [5.41, 5.74) is 4.97. The van der Waals surface area contributed by atoms with Gasteiger partial charge in [0, 0.05) is 13.1 Å². The van der Waals surface area contributed by atoms with Crippen LogP contribution in [0.15, 0.2) is 103 Å². The Morgan fingerprint density at radius 2 is 1.40 bits per heavy atom. The number of ether oxygens (including phenoxy) is 1. The lowest BCUT2D eigenvalue weighted by Crippen LogP contribution is -2.50. The third-order valence-electron chi connectivity index (χ3n) is 6.37. The minimum Gasteiger partial charge on any atom is -0.480 e. The minimum atomic E-state index is -1.21. The largest absolute Gasteiger partial charge is 0.480 e. The Labute approximate surface area is 244 Å². The zero-order chi connectivity index (χ0) is 28.3. The zero-order valence-corrected chi connectivity index (χ0v) is 23.3. The van der Waals surface area contributed by atoms with Gasteiger partial charge in [0.25, 0.3) is 0 Å². The van der Waals surface area contributed by atoms with Gasteiger partial charge < -0.3 is 20.1 Å². The number of nitrogens with zero attached hydrogens (tertiary/aromatic N) is 1. The van der Waals surface area contributed by atoms with Crippen molar-refractivity contribution in [2.45, 2.75) is 25.6 Å². The van der Waals surface area contributed by atoms with Gasteiger partial charge in [-0.05, 0) is 46.4 Å². The number of amides is 2. The first-order valence-corrected chi connectivity index (χ1v) is 13.6. The molecular weight excluding hydrogens is 547 g/mol. The molecule has 0 heterocycles. The van der Waals surface area contributed by atoms with Crippen molar-refractivity contribution in [1.29, 1.82) is 0 Å². The molecule has 206 valence electrons. The molecular formula is C32H30Cl2N2O4. The van der Waals surface area contributed by atoms with E-state index in [1.54, 1.807) is 23.1 Å². The molecule has 0 aliphatic rings. The second kappa shape index (κ2) is 14.5. The van der Waals surface area contributed by atoms with Gasteiger partial charge in [0.2, 0.25) is 0 Å². The summed E-state index contributed by atoms with van der Waals surface area (Å²) in [6, 6.07) is 31.2. The van der Waals surface area contributed by atoms with Gasteiger partial charge in [0.05, 0.1) is 23.3 Å². The third-order valence-corrected chi connectivity index (χ3v) is 7.11. The number of carbonyl (C=O) groups excluding carboxylic acids is 1. The van der Waals surface area contributed by atoms with Crippen molar-refractivity contribution in [1.82, 2.24) is 10.2 Å². The molecule has 0 saturated carbocycles. The molecule has 0 saturated heterocycles. The molecule has 0 aliphatic carbocycles. The van der Waals surface area contributed by atoms with Gasteiger partial charge >= 0.3 is 12.0 Å². The van der Waals surface area contributed by atoms with Crippen LogP contribution in [-0.2, 0) is 29.1 Å². The predicted octanol–water partition coefficient (Wildman–Crippen LogP) is 7.08. The van der Waals surface area contributed by atoms with Crippen molar-refractivity contribution in [3.8, 4) is 11.1 Å². The quantitative estimate of drug-likeness (QED) is 0.189. The molecule has 0 fully saturated rings. The monoisotopic (exact) mass is 576 g/mol. The molecule has 6 nitrogen and oxygen atoms in total.